The molecule has 0 amide bonds. The molecule has 2 rings (SSSR count). The van der Waals surface area contributed by atoms with Crippen molar-refractivity contribution >= 4 is 17.0 Å². The molecule has 4 heteroatoms. The molecule has 3 nitrogen and oxygen atoms in total. The average molecular weight is 248 g/mol. The van der Waals surface area contributed by atoms with Crippen LogP contribution in [0, 0.1) is 13.8 Å². The Morgan fingerprint density at radius 3 is 2.76 bits per heavy atom. The van der Waals surface area contributed by atoms with Crippen molar-refractivity contribution in [3.8, 4) is 0 Å². The third kappa shape index (κ3) is 2.65. The van der Waals surface area contributed by atoms with E-state index in [0.29, 0.717) is 6.54 Å². The van der Waals surface area contributed by atoms with E-state index in [1.165, 1.54) is 0 Å². The molecule has 0 unspecified atom stereocenters. The van der Waals surface area contributed by atoms with Crippen molar-refractivity contribution in [3.05, 3.63) is 45.7 Å². The lowest BCUT2D eigenvalue weighted by Gasteiger charge is -2.03. The molecule has 17 heavy (non-hydrogen) atoms. The van der Waals surface area contributed by atoms with Crippen LogP contribution in [0.5, 0.6) is 0 Å². The molecule has 0 spiro atoms. The Bertz CT molecular complexity index is 569. The molecule has 0 radical (unpaired) electrons. The smallest absolute Gasteiger partial charge is 0.190 e. The van der Waals surface area contributed by atoms with Gasteiger partial charge in [0.25, 0.3) is 0 Å². The van der Waals surface area contributed by atoms with Crippen molar-refractivity contribution in [1.29, 1.82) is 0 Å². The molecule has 0 bridgehead atoms. The predicted molar refractivity (Wildman–Crippen MR) is 70.5 cm³/mol. The Morgan fingerprint density at radius 2 is 2.06 bits per heavy atom. The zero-order valence-electron chi connectivity index (χ0n) is 10.1. The second kappa shape index (κ2) is 5.29. The number of para-hydroxylation sites is 1. The second-order valence-corrected chi connectivity index (χ2v) is 4.77. The van der Waals surface area contributed by atoms with E-state index < -0.39 is 0 Å². The number of nitrogens with zero attached hydrogens (tertiary/aromatic N) is 2. The Hall–Kier alpha value is -1.39. The van der Waals surface area contributed by atoms with Crippen LogP contribution in [0.1, 0.15) is 11.3 Å². The van der Waals surface area contributed by atoms with Crippen LogP contribution < -0.4 is 4.80 Å². The Balaban J connectivity index is 2.50. The third-order valence-electron chi connectivity index (χ3n) is 2.65. The third-order valence-corrected chi connectivity index (χ3v) is 3.63. The minimum atomic E-state index is 0.137. The lowest BCUT2D eigenvalue weighted by atomic mass is 10.2. The van der Waals surface area contributed by atoms with Gasteiger partial charge in [0.2, 0.25) is 0 Å². The quantitative estimate of drug-likeness (QED) is 0.889. The van der Waals surface area contributed by atoms with Gasteiger partial charge in [-0.15, -0.1) is 11.3 Å². The van der Waals surface area contributed by atoms with E-state index >= 15 is 0 Å². The number of thiazole rings is 1. The van der Waals surface area contributed by atoms with Crippen LogP contribution in [0.15, 0.2) is 34.6 Å². The fourth-order valence-corrected chi connectivity index (χ4v) is 2.58. The highest BCUT2D eigenvalue weighted by molar-refractivity contribution is 7.07. The van der Waals surface area contributed by atoms with Gasteiger partial charge in [-0.05, 0) is 25.5 Å². The Labute approximate surface area is 105 Å². The van der Waals surface area contributed by atoms with Crippen LogP contribution in [0.4, 0.5) is 5.69 Å². The SMILES string of the molecule is Cc1ccccc1N=c1scc(C)n1CCO. The lowest BCUT2D eigenvalue weighted by molar-refractivity contribution is 0.273. The van der Waals surface area contributed by atoms with Gasteiger partial charge < -0.3 is 9.67 Å². The molecular formula is C13H16N2OS. The molecule has 0 fully saturated rings. The molecule has 0 aliphatic heterocycles. The van der Waals surface area contributed by atoms with Crippen LogP contribution in [0.3, 0.4) is 0 Å². The van der Waals surface area contributed by atoms with E-state index in [0.717, 1.165) is 21.7 Å². The maximum atomic E-state index is 9.05. The van der Waals surface area contributed by atoms with Crippen LogP contribution in [0.2, 0.25) is 0 Å². The zero-order chi connectivity index (χ0) is 12.3. The first kappa shape index (κ1) is 12.1. The number of hydrogen-bond donors (Lipinski definition) is 1. The van der Waals surface area contributed by atoms with E-state index in [4.69, 9.17) is 5.11 Å². The highest BCUT2D eigenvalue weighted by Crippen LogP contribution is 2.16. The fourth-order valence-electron chi connectivity index (χ4n) is 1.67. The zero-order valence-corrected chi connectivity index (χ0v) is 10.9. The average Bonchev–Trinajstić information content (AvgIpc) is 2.65. The number of aliphatic hydroxyl groups excluding tert-OH is 1. The number of aromatic nitrogens is 1. The van der Waals surface area contributed by atoms with Gasteiger partial charge >= 0.3 is 0 Å². The van der Waals surface area contributed by atoms with Gasteiger partial charge in [-0.1, -0.05) is 18.2 Å². The highest BCUT2D eigenvalue weighted by Gasteiger charge is 2.01. The minimum Gasteiger partial charge on any atom is -0.395 e. The number of rotatable bonds is 3. The van der Waals surface area contributed by atoms with Gasteiger partial charge in [-0.2, -0.15) is 0 Å². The molecule has 2 aromatic rings. The highest BCUT2D eigenvalue weighted by atomic mass is 32.1. The van der Waals surface area contributed by atoms with Gasteiger partial charge in [0.05, 0.1) is 12.3 Å². The summed E-state index contributed by atoms with van der Waals surface area (Å²) in [5.41, 5.74) is 3.28. The number of aliphatic hydroxyl groups is 1. The summed E-state index contributed by atoms with van der Waals surface area (Å²) < 4.78 is 2.04. The summed E-state index contributed by atoms with van der Waals surface area (Å²) in [5, 5.41) is 11.1. The number of hydrogen-bond acceptors (Lipinski definition) is 3. The van der Waals surface area contributed by atoms with E-state index in [9.17, 15) is 0 Å². The van der Waals surface area contributed by atoms with Crippen molar-refractivity contribution in [2.75, 3.05) is 6.61 Å². The number of benzene rings is 1. The summed E-state index contributed by atoms with van der Waals surface area (Å²) in [5.74, 6) is 0. The molecule has 0 saturated heterocycles. The molecule has 1 N–H and O–H groups in total. The lowest BCUT2D eigenvalue weighted by Crippen LogP contribution is -2.18. The standard InChI is InChI=1S/C13H16N2OS/c1-10-5-3-4-6-12(10)14-13-15(7-8-16)11(2)9-17-13/h3-6,9,16H,7-8H2,1-2H3. The van der Waals surface area contributed by atoms with Crippen molar-refractivity contribution in [2.24, 2.45) is 4.99 Å². The van der Waals surface area contributed by atoms with Crippen LogP contribution in [-0.4, -0.2) is 16.3 Å². The molecule has 1 heterocycles. The van der Waals surface area contributed by atoms with Crippen molar-refractivity contribution in [2.45, 2.75) is 20.4 Å². The largest absolute Gasteiger partial charge is 0.395 e. The molecule has 0 aliphatic rings. The summed E-state index contributed by atoms with van der Waals surface area (Å²) in [4.78, 5) is 5.59. The normalized spacial score (nSPS) is 12.1. The van der Waals surface area contributed by atoms with Gasteiger partial charge in [0.1, 0.15) is 0 Å². The maximum absolute atomic E-state index is 9.05. The van der Waals surface area contributed by atoms with E-state index in [1.807, 2.05) is 29.7 Å². The molecule has 1 aromatic heterocycles. The van der Waals surface area contributed by atoms with Crippen LogP contribution >= 0.6 is 11.3 Å². The summed E-state index contributed by atoms with van der Waals surface area (Å²) in [6, 6.07) is 8.06. The molecule has 1 aromatic carbocycles. The van der Waals surface area contributed by atoms with E-state index in [1.54, 1.807) is 11.3 Å². The van der Waals surface area contributed by atoms with Crippen molar-refractivity contribution < 1.29 is 5.11 Å². The minimum absolute atomic E-state index is 0.137. The molecule has 0 aliphatic carbocycles. The number of aryl methyl sites for hydroxylation is 2. The summed E-state index contributed by atoms with van der Waals surface area (Å²) >= 11 is 1.60. The van der Waals surface area contributed by atoms with Crippen molar-refractivity contribution in [1.82, 2.24) is 4.57 Å². The van der Waals surface area contributed by atoms with Gasteiger partial charge in [0.15, 0.2) is 4.80 Å². The second-order valence-electron chi connectivity index (χ2n) is 3.93. The van der Waals surface area contributed by atoms with E-state index in [-0.39, 0.29) is 6.61 Å². The molecule has 90 valence electrons. The summed E-state index contributed by atoms with van der Waals surface area (Å²) in [6.45, 7) is 4.82. The predicted octanol–water partition coefficient (Wildman–Crippen LogP) is 2.39. The van der Waals surface area contributed by atoms with Gasteiger partial charge in [0, 0.05) is 17.6 Å². The first-order chi connectivity index (χ1) is 8.22. The first-order valence-corrected chi connectivity index (χ1v) is 6.46. The molecular weight excluding hydrogens is 232 g/mol. The maximum Gasteiger partial charge on any atom is 0.190 e. The summed E-state index contributed by atoms with van der Waals surface area (Å²) in [7, 11) is 0. The van der Waals surface area contributed by atoms with Crippen LogP contribution in [0.25, 0.3) is 0 Å². The monoisotopic (exact) mass is 248 g/mol. The molecule has 0 saturated carbocycles. The summed E-state index contributed by atoms with van der Waals surface area (Å²) in [6.07, 6.45) is 0. The molecule has 0 atom stereocenters. The van der Waals surface area contributed by atoms with E-state index in [2.05, 4.69) is 23.4 Å². The van der Waals surface area contributed by atoms with Gasteiger partial charge in [-0.3, -0.25) is 0 Å². The van der Waals surface area contributed by atoms with Crippen LogP contribution in [-0.2, 0) is 6.54 Å². The topological polar surface area (TPSA) is 37.5 Å². The Kier molecular flexibility index (Phi) is 3.76. The van der Waals surface area contributed by atoms with Crippen molar-refractivity contribution in [3.63, 3.8) is 0 Å². The Morgan fingerprint density at radius 1 is 1.29 bits per heavy atom. The van der Waals surface area contributed by atoms with Gasteiger partial charge in [-0.25, -0.2) is 4.99 Å². The fraction of sp³-hybridized carbons (Fsp3) is 0.308. The first-order valence-electron chi connectivity index (χ1n) is 5.58.